The second-order valence-electron chi connectivity index (χ2n) is 2.32. The van der Waals surface area contributed by atoms with Gasteiger partial charge in [0.05, 0.1) is 5.97 Å². The first-order chi connectivity index (χ1) is 5.11. The lowest BCUT2D eigenvalue weighted by Crippen LogP contribution is -2.26. The third-order valence-corrected chi connectivity index (χ3v) is 1.51. The van der Waals surface area contributed by atoms with E-state index in [1.807, 2.05) is 18.7 Å². The highest BCUT2D eigenvalue weighted by Gasteiger charge is 1.93. The van der Waals surface area contributed by atoms with Crippen LogP contribution in [0.5, 0.6) is 0 Å². The van der Waals surface area contributed by atoms with Crippen molar-refractivity contribution in [2.75, 3.05) is 13.1 Å². The van der Waals surface area contributed by atoms with Crippen LogP contribution in [0.3, 0.4) is 0 Å². The van der Waals surface area contributed by atoms with Gasteiger partial charge >= 0.3 is 0 Å². The van der Waals surface area contributed by atoms with E-state index in [0.29, 0.717) is 0 Å². The Balaban J connectivity index is 4.14. The van der Waals surface area contributed by atoms with Crippen LogP contribution in [0.2, 0.25) is 0 Å². The van der Waals surface area contributed by atoms with Crippen molar-refractivity contribution in [3.63, 3.8) is 0 Å². The molecule has 0 aromatic rings. The first kappa shape index (κ1) is 10.0. The molecule has 0 aliphatic carbocycles. The van der Waals surface area contributed by atoms with Crippen molar-refractivity contribution in [1.82, 2.24) is 4.90 Å². The Kier molecular flexibility index (Phi) is 4.34. The maximum absolute atomic E-state index is 10.3. The molecule has 0 aromatic carbocycles. The predicted octanol–water partition coefficient (Wildman–Crippen LogP) is -0.0181. The van der Waals surface area contributed by atoms with Gasteiger partial charge in [-0.15, -0.1) is 0 Å². The van der Waals surface area contributed by atoms with Gasteiger partial charge in [0.15, 0.2) is 0 Å². The maximum atomic E-state index is 10.3. The fourth-order valence-electron chi connectivity index (χ4n) is 0.733. The first-order valence-corrected chi connectivity index (χ1v) is 3.75. The molecule has 0 N–H and O–H groups in total. The summed E-state index contributed by atoms with van der Waals surface area (Å²) in [6, 6.07) is 0. The molecule has 64 valence electrons. The van der Waals surface area contributed by atoms with Crippen LogP contribution in [0.1, 0.15) is 20.8 Å². The van der Waals surface area contributed by atoms with E-state index in [1.165, 1.54) is 6.92 Å². The van der Waals surface area contributed by atoms with Gasteiger partial charge in [-0.05, 0) is 26.3 Å². The molecule has 0 aliphatic heterocycles. The van der Waals surface area contributed by atoms with Crippen LogP contribution in [0, 0.1) is 0 Å². The summed E-state index contributed by atoms with van der Waals surface area (Å²) in [6.45, 7) is 7.13. The van der Waals surface area contributed by atoms with E-state index < -0.39 is 5.97 Å². The highest BCUT2D eigenvalue weighted by molar-refractivity contribution is 5.83. The normalized spacial score (nSPS) is 11.4. The van der Waals surface area contributed by atoms with Crippen LogP contribution in [-0.4, -0.2) is 24.0 Å². The largest absolute Gasteiger partial charge is 0.545 e. The molecule has 0 radical (unpaired) electrons. The Morgan fingerprint density at radius 3 is 2.18 bits per heavy atom. The number of nitrogens with zero attached hydrogens (tertiary/aromatic N) is 1. The number of hydrogen-bond donors (Lipinski definition) is 0. The predicted molar refractivity (Wildman–Crippen MR) is 41.7 cm³/mol. The van der Waals surface area contributed by atoms with E-state index in [2.05, 4.69) is 0 Å². The maximum Gasteiger partial charge on any atom is 0.0686 e. The molecular weight excluding hydrogens is 142 g/mol. The fourth-order valence-corrected chi connectivity index (χ4v) is 0.733. The van der Waals surface area contributed by atoms with Crippen molar-refractivity contribution < 1.29 is 9.90 Å². The number of carboxylic acid groups (broad SMARTS) is 1. The molecule has 0 rings (SSSR count). The molecule has 3 nitrogen and oxygen atoms in total. The van der Waals surface area contributed by atoms with Crippen LogP contribution in [-0.2, 0) is 4.79 Å². The summed E-state index contributed by atoms with van der Waals surface area (Å²) in [6.07, 6.45) is 1.61. The second kappa shape index (κ2) is 4.77. The van der Waals surface area contributed by atoms with E-state index in [0.717, 1.165) is 13.1 Å². The summed E-state index contributed by atoms with van der Waals surface area (Å²) in [5.74, 6) is -1.10. The van der Waals surface area contributed by atoms with Gasteiger partial charge in [0.2, 0.25) is 0 Å². The Labute approximate surface area is 67.3 Å². The topological polar surface area (TPSA) is 43.4 Å². The SMILES string of the molecule is CCN(/C=C(\C)C(=O)[O-])CC. The lowest BCUT2D eigenvalue weighted by Gasteiger charge is -2.16. The minimum atomic E-state index is -1.10. The third kappa shape index (κ3) is 3.65. The van der Waals surface area contributed by atoms with Gasteiger partial charge in [-0.25, -0.2) is 0 Å². The van der Waals surface area contributed by atoms with Crippen molar-refractivity contribution in [2.45, 2.75) is 20.8 Å². The van der Waals surface area contributed by atoms with Gasteiger partial charge in [0, 0.05) is 19.3 Å². The first-order valence-electron chi connectivity index (χ1n) is 3.75. The standard InChI is InChI=1S/C8H15NO2/c1-4-9(5-2)6-7(3)8(10)11/h6H,4-5H2,1-3H3,(H,10,11)/p-1/b7-6+. The van der Waals surface area contributed by atoms with E-state index in [1.54, 1.807) is 6.20 Å². The molecule has 0 aromatic heterocycles. The number of carboxylic acids is 1. The molecule has 0 saturated heterocycles. The Bertz CT molecular complexity index is 159. The van der Waals surface area contributed by atoms with Gasteiger partial charge < -0.3 is 14.8 Å². The van der Waals surface area contributed by atoms with Crippen LogP contribution in [0.4, 0.5) is 0 Å². The number of carbonyl (C=O) groups is 1. The van der Waals surface area contributed by atoms with E-state index in [9.17, 15) is 9.90 Å². The van der Waals surface area contributed by atoms with Crippen molar-refractivity contribution in [3.8, 4) is 0 Å². The van der Waals surface area contributed by atoms with E-state index in [-0.39, 0.29) is 5.57 Å². The minimum Gasteiger partial charge on any atom is -0.545 e. The van der Waals surface area contributed by atoms with E-state index >= 15 is 0 Å². The Morgan fingerprint density at radius 2 is 1.91 bits per heavy atom. The number of aliphatic carboxylic acids is 1. The monoisotopic (exact) mass is 156 g/mol. The lowest BCUT2D eigenvalue weighted by atomic mass is 10.3. The highest BCUT2D eigenvalue weighted by Crippen LogP contribution is 1.95. The van der Waals surface area contributed by atoms with Crippen molar-refractivity contribution in [3.05, 3.63) is 11.8 Å². The molecule has 0 unspecified atom stereocenters. The third-order valence-electron chi connectivity index (χ3n) is 1.51. The van der Waals surface area contributed by atoms with Gasteiger partial charge in [0.25, 0.3) is 0 Å². The molecule has 0 saturated carbocycles. The molecular formula is C8H14NO2-. The molecule has 0 spiro atoms. The summed E-state index contributed by atoms with van der Waals surface area (Å²) in [4.78, 5) is 12.2. The van der Waals surface area contributed by atoms with Crippen LogP contribution < -0.4 is 5.11 Å². The zero-order chi connectivity index (χ0) is 8.85. The second-order valence-corrected chi connectivity index (χ2v) is 2.32. The van der Waals surface area contributed by atoms with Gasteiger partial charge in [0.1, 0.15) is 0 Å². The van der Waals surface area contributed by atoms with Gasteiger partial charge in [-0.3, -0.25) is 0 Å². The summed E-state index contributed by atoms with van der Waals surface area (Å²) in [5, 5.41) is 10.3. The highest BCUT2D eigenvalue weighted by atomic mass is 16.4. The molecule has 0 bridgehead atoms. The molecule has 0 fully saturated rings. The van der Waals surface area contributed by atoms with Gasteiger partial charge in [-0.2, -0.15) is 0 Å². The number of carbonyl (C=O) groups excluding carboxylic acids is 1. The average molecular weight is 156 g/mol. The smallest absolute Gasteiger partial charge is 0.0686 e. The van der Waals surface area contributed by atoms with E-state index in [4.69, 9.17) is 0 Å². The molecule has 0 amide bonds. The summed E-state index contributed by atoms with van der Waals surface area (Å²) in [5.41, 5.74) is 0.272. The van der Waals surface area contributed by atoms with Gasteiger partial charge in [-0.1, -0.05) is 0 Å². The molecule has 0 heterocycles. The van der Waals surface area contributed by atoms with Crippen LogP contribution >= 0.6 is 0 Å². The summed E-state index contributed by atoms with van der Waals surface area (Å²) >= 11 is 0. The molecule has 0 aliphatic rings. The Morgan fingerprint density at radius 1 is 1.45 bits per heavy atom. The van der Waals surface area contributed by atoms with Crippen molar-refractivity contribution in [2.24, 2.45) is 0 Å². The zero-order valence-electron chi connectivity index (χ0n) is 7.26. The summed E-state index contributed by atoms with van der Waals surface area (Å²) in [7, 11) is 0. The van der Waals surface area contributed by atoms with Crippen molar-refractivity contribution in [1.29, 1.82) is 0 Å². The van der Waals surface area contributed by atoms with Crippen LogP contribution in [0.25, 0.3) is 0 Å². The molecule has 0 atom stereocenters. The van der Waals surface area contributed by atoms with Crippen LogP contribution in [0.15, 0.2) is 11.8 Å². The van der Waals surface area contributed by atoms with Crippen molar-refractivity contribution >= 4 is 5.97 Å². The zero-order valence-corrected chi connectivity index (χ0v) is 7.26. The number of hydrogen-bond acceptors (Lipinski definition) is 3. The quantitative estimate of drug-likeness (QED) is 0.537. The minimum absolute atomic E-state index is 0.272. The summed E-state index contributed by atoms with van der Waals surface area (Å²) < 4.78 is 0. The number of rotatable bonds is 4. The lowest BCUT2D eigenvalue weighted by molar-refractivity contribution is -0.299. The molecule has 11 heavy (non-hydrogen) atoms. The average Bonchev–Trinajstić information content (AvgIpc) is 1.99. The fraction of sp³-hybridized carbons (Fsp3) is 0.625. The molecule has 3 heteroatoms. The Hall–Kier alpha value is -0.990.